The number of carbonyl (C=O) groups excluding carboxylic acids is 2. The van der Waals surface area contributed by atoms with Gasteiger partial charge in [-0.3, -0.25) is 9.69 Å². The molecule has 0 bridgehead atoms. The van der Waals surface area contributed by atoms with E-state index in [9.17, 15) is 14.0 Å². The first-order valence-corrected chi connectivity index (χ1v) is 9.56. The van der Waals surface area contributed by atoms with Crippen LogP contribution in [0, 0.1) is 17.1 Å². The van der Waals surface area contributed by atoms with Crippen LogP contribution in [-0.4, -0.2) is 31.2 Å². The van der Waals surface area contributed by atoms with Gasteiger partial charge in [0.05, 0.1) is 30.4 Å². The number of amides is 2. The van der Waals surface area contributed by atoms with Crippen LogP contribution >= 0.6 is 15.9 Å². The Hall–Kier alpha value is -3.18. The third-order valence-electron chi connectivity index (χ3n) is 4.30. The Balaban J connectivity index is 1.77. The van der Waals surface area contributed by atoms with Crippen LogP contribution in [0.25, 0.3) is 10.6 Å². The predicted octanol–water partition coefficient (Wildman–Crippen LogP) is 4.05. The normalized spacial score (nSPS) is 16.3. The highest BCUT2D eigenvalue weighted by Gasteiger charge is 2.32. The van der Waals surface area contributed by atoms with Gasteiger partial charge >= 0.3 is 6.09 Å². The smallest absolute Gasteiger partial charge is 0.414 e. The number of anilines is 1. The number of benzene rings is 2. The van der Waals surface area contributed by atoms with Crippen molar-refractivity contribution in [2.24, 2.45) is 0 Å². The Morgan fingerprint density at radius 2 is 2.21 bits per heavy atom. The quantitative estimate of drug-likeness (QED) is 0.686. The van der Waals surface area contributed by atoms with Crippen LogP contribution in [0.2, 0.25) is 0 Å². The van der Waals surface area contributed by atoms with Crippen molar-refractivity contribution in [2.45, 2.75) is 13.0 Å². The zero-order valence-electron chi connectivity index (χ0n) is 15.5. The molecule has 1 saturated heterocycles. The van der Waals surface area contributed by atoms with Crippen molar-refractivity contribution in [3.05, 3.63) is 65.0 Å². The van der Waals surface area contributed by atoms with Gasteiger partial charge in [-0.15, -0.1) is 0 Å². The number of nitriles is 1. The first-order chi connectivity index (χ1) is 13.9. The standard InChI is InChI=1S/C21H17BrFN3O3/c1-13(27)25-11-18-12-26(21(28)29-18)17-6-5-16(20(23)9-17)8-19(22)15-4-2-3-14(7-15)10-24/h2-9,18H,11-12H2,1H3,(H,25,27)/b19-8-/t18-/m0/s1. The molecule has 2 amide bonds. The second kappa shape index (κ2) is 8.88. The number of rotatable bonds is 5. The summed E-state index contributed by atoms with van der Waals surface area (Å²) in [4.78, 5) is 24.4. The van der Waals surface area contributed by atoms with Gasteiger partial charge in [0.2, 0.25) is 5.91 Å². The predicted molar refractivity (Wildman–Crippen MR) is 111 cm³/mol. The summed E-state index contributed by atoms with van der Waals surface area (Å²) in [6.07, 6.45) is 0.533. The Bertz CT molecular complexity index is 1030. The maximum atomic E-state index is 14.6. The molecule has 148 valence electrons. The first-order valence-electron chi connectivity index (χ1n) is 8.77. The minimum Gasteiger partial charge on any atom is -0.442 e. The van der Waals surface area contributed by atoms with E-state index in [1.54, 1.807) is 36.4 Å². The van der Waals surface area contributed by atoms with Gasteiger partial charge in [-0.2, -0.15) is 5.26 Å². The van der Waals surface area contributed by atoms with Gasteiger partial charge in [0.1, 0.15) is 11.9 Å². The van der Waals surface area contributed by atoms with Crippen molar-refractivity contribution >= 4 is 44.2 Å². The fourth-order valence-electron chi connectivity index (χ4n) is 2.85. The highest BCUT2D eigenvalue weighted by atomic mass is 79.9. The fraction of sp³-hybridized carbons (Fsp3) is 0.190. The van der Waals surface area contributed by atoms with E-state index in [0.29, 0.717) is 21.3 Å². The summed E-state index contributed by atoms with van der Waals surface area (Å²) in [5.74, 6) is -0.721. The maximum absolute atomic E-state index is 14.6. The van der Waals surface area contributed by atoms with Crippen molar-refractivity contribution in [2.75, 3.05) is 18.0 Å². The molecule has 8 heteroatoms. The third-order valence-corrected chi connectivity index (χ3v) is 4.98. The van der Waals surface area contributed by atoms with E-state index >= 15 is 0 Å². The summed E-state index contributed by atoms with van der Waals surface area (Å²) < 4.78 is 20.5. The van der Waals surface area contributed by atoms with Crippen LogP contribution in [0.3, 0.4) is 0 Å². The number of hydrogen-bond acceptors (Lipinski definition) is 4. The Morgan fingerprint density at radius 3 is 2.90 bits per heavy atom. The fourth-order valence-corrected chi connectivity index (χ4v) is 3.35. The molecule has 0 radical (unpaired) electrons. The highest BCUT2D eigenvalue weighted by molar-refractivity contribution is 9.15. The van der Waals surface area contributed by atoms with Crippen LogP contribution in [0.15, 0.2) is 42.5 Å². The number of carbonyl (C=O) groups is 2. The van der Waals surface area contributed by atoms with Gasteiger partial charge < -0.3 is 10.1 Å². The molecular formula is C21H17BrFN3O3. The van der Waals surface area contributed by atoms with Crippen molar-refractivity contribution in [1.82, 2.24) is 5.32 Å². The Labute approximate surface area is 175 Å². The second-order valence-electron chi connectivity index (χ2n) is 6.44. The van der Waals surface area contributed by atoms with E-state index in [0.717, 1.165) is 5.56 Å². The zero-order chi connectivity index (χ0) is 21.0. The molecule has 29 heavy (non-hydrogen) atoms. The summed E-state index contributed by atoms with van der Waals surface area (Å²) >= 11 is 3.42. The lowest BCUT2D eigenvalue weighted by Gasteiger charge is -2.14. The highest BCUT2D eigenvalue weighted by Crippen LogP contribution is 2.29. The molecule has 0 saturated carbocycles. The minimum absolute atomic E-state index is 0.204. The van der Waals surface area contributed by atoms with Gasteiger partial charge in [-0.25, -0.2) is 9.18 Å². The van der Waals surface area contributed by atoms with Gasteiger partial charge in [0, 0.05) is 17.0 Å². The van der Waals surface area contributed by atoms with Crippen molar-refractivity contribution < 1.29 is 18.7 Å². The molecule has 0 aliphatic carbocycles. The molecule has 0 aromatic heterocycles. The van der Waals surface area contributed by atoms with Gasteiger partial charge in [0.15, 0.2) is 0 Å². The molecule has 2 aromatic rings. The van der Waals surface area contributed by atoms with Gasteiger partial charge in [0.25, 0.3) is 0 Å². The number of ether oxygens (including phenoxy) is 1. The number of hydrogen-bond donors (Lipinski definition) is 1. The van der Waals surface area contributed by atoms with Crippen molar-refractivity contribution in [3.63, 3.8) is 0 Å². The summed E-state index contributed by atoms with van der Waals surface area (Å²) in [5.41, 5.74) is 1.95. The van der Waals surface area contributed by atoms with Crippen LogP contribution in [0.4, 0.5) is 14.9 Å². The number of cyclic esters (lactones) is 1. The van der Waals surface area contributed by atoms with E-state index in [1.165, 1.54) is 17.9 Å². The summed E-state index contributed by atoms with van der Waals surface area (Å²) in [6.45, 7) is 1.80. The molecule has 1 heterocycles. The molecule has 0 unspecified atom stereocenters. The monoisotopic (exact) mass is 457 g/mol. The largest absolute Gasteiger partial charge is 0.442 e. The lowest BCUT2D eigenvalue weighted by Crippen LogP contribution is -2.33. The minimum atomic E-state index is -0.586. The SMILES string of the molecule is CC(=O)NC[C@H]1CN(c2ccc(/C=C(\Br)c3cccc(C#N)c3)c(F)c2)C(=O)O1. The summed E-state index contributed by atoms with van der Waals surface area (Å²) in [5, 5.41) is 11.6. The van der Waals surface area contributed by atoms with E-state index in [4.69, 9.17) is 10.00 Å². The van der Waals surface area contributed by atoms with E-state index < -0.39 is 18.0 Å². The van der Waals surface area contributed by atoms with Gasteiger partial charge in [-0.05, 0) is 42.0 Å². The number of nitrogens with zero attached hydrogens (tertiary/aromatic N) is 2. The van der Waals surface area contributed by atoms with Crippen LogP contribution < -0.4 is 10.2 Å². The topological polar surface area (TPSA) is 82.4 Å². The van der Waals surface area contributed by atoms with E-state index in [1.807, 2.05) is 6.07 Å². The van der Waals surface area contributed by atoms with E-state index in [-0.39, 0.29) is 19.0 Å². The summed E-state index contributed by atoms with van der Waals surface area (Å²) in [6, 6.07) is 13.5. The van der Waals surface area contributed by atoms with Gasteiger partial charge in [-0.1, -0.05) is 28.1 Å². The second-order valence-corrected chi connectivity index (χ2v) is 7.30. The number of nitrogens with one attached hydrogen (secondary N) is 1. The number of halogens is 2. The van der Waals surface area contributed by atoms with Crippen molar-refractivity contribution in [1.29, 1.82) is 5.26 Å². The molecule has 1 aliphatic rings. The molecule has 1 aliphatic heterocycles. The average Bonchev–Trinajstić information content (AvgIpc) is 3.08. The lowest BCUT2D eigenvalue weighted by molar-refractivity contribution is -0.119. The molecule has 1 atom stereocenters. The average molecular weight is 458 g/mol. The van der Waals surface area contributed by atoms with Crippen LogP contribution in [-0.2, 0) is 9.53 Å². The molecule has 1 fully saturated rings. The first kappa shape index (κ1) is 20.6. The maximum Gasteiger partial charge on any atom is 0.414 e. The summed E-state index contributed by atoms with van der Waals surface area (Å²) in [7, 11) is 0. The third kappa shape index (κ3) is 5.00. The van der Waals surface area contributed by atoms with Crippen LogP contribution in [0.5, 0.6) is 0 Å². The van der Waals surface area contributed by atoms with E-state index in [2.05, 4.69) is 27.3 Å². The molecule has 3 rings (SSSR count). The molecular weight excluding hydrogens is 441 g/mol. The molecule has 1 N–H and O–H groups in total. The van der Waals surface area contributed by atoms with Crippen LogP contribution in [0.1, 0.15) is 23.6 Å². The zero-order valence-corrected chi connectivity index (χ0v) is 17.1. The Kier molecular flexibility index (Phi) is 6.29. The molecule has 6 nitrogen and oxygen atoms in total. The Morgan fingerprint density at radius 1 is 1.41 bits per heavy atom. The molecule has 2 aromatic carbocycles. The van der Waals surface area contributed by atoms with Crippen molar-refractivity contribution in [3.8, 4) is 6.07 Å². The lowest BCUT2D eigenvalue weighted by atomic mass is 10.1. The molecule has 0 spiro atoms.